The zero-order chi connectivity index (χ0) is 13.2. The number of rotatable bonds is 5. The number of carbonyl (C=O) groups is 1. The van der Waals surface area contributed by atoms with Gasteiger partial charge in [-0.2, -0.15) is 0 Å². The maximum absolute atomic E-state index is 12.4. The first-order valence-electron chi connectivity index (χ1n) is 6.57. The number of furan rings is 1. The van der Waals surface area contributed by atoms with Gasteiger partial charge in [0.2, 0.25) is 0 Å². The Morgan fingerprint density at radius 3 is 3.05 bits per heavy atom. The molecule has 0 aromatic carbocycles. The van der Waals surface area contributed by atoms with Crippen LogP contribution in [0.2, 0.25) is 0 Å². The molecule has 2 heterocycles. The molecule has 0 atom stereocenters. The monoisotopic (exact) mass is 276 g/mol. The second-order valence-corrected chi connectivity index (χ2v) is 5.82. The van der Waals surface area contributed by atoms with Crippen molar-refractivity contribution in [2.24, 2.45) is 5.92 Å². The molecule has 1 amide bonds. The molecular weight excluding hydrogens is 260 g/mol. The van der Waals surface area contributed by atoms with Gasteiger partial charge >= 0.3 is 0 Å². The first kappa shape index (κ1) is 12.4. The minimum Gasteiger partial charge on any atom is -0.462 e. The molecule has 0 radical (unpaired) electrons. The van der Waals surface area contributed by atoms with Crippen LogP contribution in [0.3, 0.4) is 0 Å². The highest BCUT2D eigenvalue weighted by Crippen LogP contribution is 2.31. The van der Waals surface area contributed by atoms with Crippen molar-refractivity contribution in [3.8, 4) is 10.8 Å². The van der Waals surface area contributed by atoms with E-state index in [2.05, 4.69) is 4.98 Å². The van der Waals surface area contributed by atoms with E-state index in [9.17, 15) is 4.79 Å². The first-order valence-corrected chi connectivity index (χ1v) is 7.38. The molecule has 3 rings (SSSR count). The zero-order valence-corrected chi connectivity index (χ0v) is 11.7. The molecule has 1 aliphatic rings. The van der Waals surface area contributed by atoms with Crippen molar-refractivity contribution in [1.29, 1.82) is 0 Å². The zero-order valence-electron chi connectivity index (χ0n) is 10.8. The number of carbonyl (C=O) groups excluding carboxylic acids is 1. The Hall–Kier alpha value is -1.62. The van der Waals surface area contributed by atoms with E-state index in [1.165, 1.54) is 24.2 Å². The molecule has 0 N–H and O–H groups in total. The number of amides is 1. The van der Waals surface area contributed by atoms with E-state index in [0.717, 1.165) is 18.1 Å². The average molecular weight is 276 g/mol. The van der Waals surface area contributed by atoms with Crippen molar-refractivity contribution < 1.29 is 9.21 Å². The lowest BCUT2D eigenvalue weighted by molar-refractivity contribution is 0.0761. The minimum atomic E-state index is 0.0877. The smallest absolute Gasteiger partial charge is 0.265 e. The van der Waals surface area contributed by atoms with Crippen LogP contribution in [-0.2, 0) is 0 Å². The first-order chi connectivity index (χ1) is 9.28. The van der Waals surface area contributed by atoms with Crippen LogP contribution in [0.4, 0.5) is 0 Å². The van der Waals surface area contributed by atoms with E-state index in [0.29, 0.717) is 16.6 Å². The molecule has 0 bridgehead atoms. The van der Waals surface area contributed by atoms with Crippen LogP contribution in [-0.4, -0.2) is 28.9 Å². The Labute approximate surface area is 116 Å². The van der Waals surface area contributed by atoms with Crippen LogP contribution in [0.25, 0.3) is 10.8 Å². The molecule has 1 fully saturated rings. The van der Waals surface area contributed by atoms with Crippen molar-refractivity contribution in [1.82, 2.24) is 9.88 Å². The SMILES string of the molecule is CCN(CC1CC1)C(=O)c1cnc(-c2ccco2)s1. The van der Waals surface area contributed by atoms with Gasteiger partial charge in [-0.25, -0.2) is 4.98 Å². The van der Waals surface area contributed by atoms with Crippen molar-refractivity contribution in [2.45, 2.75) is 19.8 Å². The van der Waals surface area contributed by atoms with Gasteiger partial charge in [-0.3, -0.25) is 4.79 Å². The second kappa shape index (κ2) is 5.17. The third kappa shape index (κ3) is 2.71. The summed E-state index contributed by atoms with van der Waals surface area (Å²) in [5, 5.41) is 0.760. The van der Waals surface area contributed by atoms with Gasteiger partial charge in [-0.1, -0.05) is 0 Å². The summed E-state index contributed by atoms with van der Waals surface area (Å²) in [7, 11) is 0. The molecule has 19 heavy (non-hydrogen) atoms. The Kier molecular flexibility index (Phi) is 3.38. The van der Waals surface area contributed by atoms with E-state index in [-0.39, 0.29) is 5.91 Å². The van der Waals surface area contributed by atoms with Crippen LogP contribution in [0.1, 0.15) is 29.4 Å². The van der Waals surface area contributed by atoms with E-state index >= 15 is 0 Å². The lowest BCUT2D eigenvalue weighted by Gasteiger charge is -2.19. The Morgan fingerprint density at radius 1 is 1.58 bits per heavy atom. The summed E-state index contributed by atoms with van der Waals surface area (Å²) in [4.78, 5) is 19.3. The molecule has 0 unspecified atom stereocenters. The number of thiazole rings is 1. The molecule has 0 spiro atoms. The van der Waals surface area contributed by atoms with Crippen molar-refractivity contribution in [3.63, 3.8) is 0 Å². The molecular formula is C14H16N2O2S. The average Bonchev–Trinajstić information content (AvgIpc) is 2.93. The summed E-state index contributed by atoms with van der Waals surface area (Å²) in [6, 6.07) is 3.68. The molecule has 0 aliphatic heterocycles. The maximum Gasteiger partial charge on any atom is 0.265 e. The van der Waals surface area contributed by atoms with E-state index in [1.54, 1.807) is 12.5 Å². The molecule has 2 aromatic rings. The van der Waals surface area contributed by atoms with Crippen molar-refractivity contribution in [3.05, 3.63) is 29.5 Å². The molecule has 5 heteroatoms. The fraction of sp³-hybridized carbons (Fsp3) is 0.429. The van der Waals surface area contributed by atoms with E-state index in [1.807, 2.05) is 24.0 Å². The molecule has 4 nitrogen and oxygen atoms in total. The summed E-state index contributed by atoms with van der Waals surface area (Å²) in [6.07, 6.45) is 5.78. The maximum atomic E-state index is 12.4. The van der Waals surface area contributed by atoms with Gasteiger partial charge in [0.1, 0.15) is 4.88 Å². The molecule has 2 aromatic heterocycles. The molecule has 1 saturated carbocycles. The predicted molar refractivity (Wildman–Crippen MR) is 74.1 cm³/mol. The quantitative estimate of drug-likeness (QED) is 0.842. The predicted octanol–water partition coefficient (Wildman–Crippen LogP) is 3.28. The summed E-state index contributed by atoms with van der Waals surface area (Å²) in [5.41, 5.74) is 0. The number of hydrogen-bond donors (Lipinski definition) is 0. The molecule has 100 valence electrons. The summed E-state index contributed by atoms with van der Waals surface area (Å²) < 4.78 is 5.30. The lowest BCUT2D eigenvalue weighted by atomic mass is 10.3. The summed E-state index contributed by atoms with van der Waals surface area (Å²) >= 11 is 1.39. The summed E-state index contributed by atoms with van der Waals surface area (Å²) in [6.45, 7) is 3.65. The van der Waals surface area contributed by atoms with Gasteiger partial charge in [0.25, 0.3) is 5.91 Å². The second-order valence-electron chi connectivity index (χ2n) is 4.79. The van der Waals surface area contributed by atoms with Gasteiger partial charge in [0, 0.05) is 13.1 Å². The van der Waals surface area contributed by atoms with Gasteiger partial charge in [0.15, 0.2) is 10.8 Å². The standard InChI is InChI=1S/C14H16N2O2S/c1-2-16(9-10-5-6-10)14(17)12-8-15-13(19-12)11-4-3-7-18-11/h3-4,7-8,10H,2,5-6,9H2,1H3. The fourth-order valence-corrected chi connectivity index (χ4v) is 2.86. The largest absolute Gasteiger partial charge is 0.462 e. The van der Waals surface area contributed by atoms with E-state index in [4.69, 9.17) is 4.42 Å². The Bertz CT molecular complexity index is 558. The fourth-order valence-electron chi connectivity index (χ4n) is 2.01. The third-order valence-electron chi connectivity index (χ3n) is 3.29. The van der Waals surface area contributed by atoms with Crippen LogP contribution in [0.15, 0.2) is 29.0 Å². The van der Waals surface area contributed by atoms with Crippen molar-refractivity contribution in [2.75, 3.05) is 13.1 Å². The highest BCUT2D eigenvalue weighted by molar-refractivity contribution is 7.16. The van der Waals surface area contributed by atoms with Crippen LogP contribution in [0.5, 0.6) is 0 Å². The lowest BCUT2D eigenvalue weighted by Crippen LogP contribution is -2.32. The normalized spacial score (nSPS) is 14.6. The highest BCUT2D eigenvalue weighted by Gasteiger charge is 2.27. The highest BCUT2D eigenvalue weighted by atomic mass is 32.1. The minimum absolute atomic E-state index is 0.0877. The van der Waals surface area contributed by atoms with Gasteiger partial charge in [-0.15, -0.1) is 11.3 Å². The van der Waals surface area contributed by atoms with Gasteiger partial charge in [0.05, 0.1) is 12.5 Å². The Balaban J connectivity index is 1.75. The van der Waals surface area contributed by atoms with Crippen molar-refractivity contribution >= 4 is 17.2 Å². The molecule has 1 aliphatic carbocycles. The molecule has 0 saturated heterocycles. The summed E-state index contributed by atoms with van der Waals surface area (Å²) in [5.74, 6) is 1.51. The number of hydrogen-bond acceptors (Lipinski definition) is 4. The van der Waals surface area contributed by atoms with Crippen LogP contribution in [0, 0.1) is 5.92 Å². The number of nitrogens with zero attached hydrogens (tertiary/aromatic N) is 2. The topological polar surface area (TPSA) is 46.3 Å². The number of aromatic nitrogens is 1. The Morgan fingerprint density at radius 2 is 2.42 bits per heavy atom. The van der Waals surface area contributed by atoms with Crippen LogP contribution < -0.4 is 0 Å². The van der Waals surface area contributed by atoms with Crippen LogP contribution >= 0.6 is 11.3 Å². The van der Waals surface area contributed by atoms with Gasteiger partial charge < -0.3 is 9.32 Å². The third-order valence-corrected chi connectivity index (χ3v) is 4.29. The van der Waals surface area contributed by atoms with E-state index < -0.39 is 0 Å². The van der Waals surface area contributed by atoms with Gasteiger partial charge in [-0.05, 0) is 37.8 Å².